The summed E-state index contributed by atoms with van der Waals surface area (Å²) in [5, 5.41) is 10.5. The van der Waals surface area contributed by atoms with E-state index < -0.39 is 0 Å². The lowest BCUT2D eigenvalue weighted by Crippen LogP contribution is -2.49. The molecule has 1 spiro atoms. The number of ether oxygens (including phenoxy) is 1. The molecule has 180 valence electrons. The summed E-state index contributed by atoms with van der Waals surface area (Å²) in [6.45, 7) is 3.54. The molecule has 2 fully saturated rings. The van der Waals surface area contributed by atoms with E-state index in [0.717, 1.165) is 38.4 Å². The molecule has 0 unspecified atom stereocenters. The van der Waals surface area contributed by atoms with Gasteiger partial charge in [-0.1, -0.05) is 23.4 Å². The molecular weight excluding hydrogens is 476 g/mol. The van der Waals surface area contributed by atoms with Crippen LogP contribution < -0.4 is 16.2 Å². The van der Waals surface area contributed by atoms with Crippen molar-refractivity contribution in [1.82, 2.24) is 19.5 Å². The molecule has 5 rings (SSSR count). The summed E-state index contributed by atoms with van der Waals surface area (Å²) in [7, 11) is 0. The number of benzene rings is 1. The first-order valence-corrected chi connectivity index (χ1v) is 12.6. The molecule has 34 heavy (non-hydrogen) atoms. The largest absolute Gasteiger partial charge is 0.396 e. The van der Waals surface area contributed by atoms with E-state index in [4.69, 9.17) is 27.2 Å². The average molecular weight is 503 g/mol. The third-order valence-electron chi connectivity index (χ3n) is 6.84. The molecule has 1 aromatic carbocycles. The fourth-order valence-electron chi connectivity index (χ4n) is 4.67. The van der Waals surface area contributed by atoms with Crippen molar-refractivity contribution < 1.29 is 9.84 Å². The molecule has 2 aliphatic rings. The lowest BCUT2D eigenvalue weighted by molar-refractivity contribution is 0.131. The Morgan fingerprint density at radius 3 is 2.74 bits per heavy atom. The molecule has 3 N–H and O–H groups in total. The van der Waals surface area contributed by atoms with Crippen LogP contribution in [0.1, 0.15) is 19.3 Å². The highest BCUT2D eigenvalue weighted by Gasteiger charge is 2.44. The van der Waals surface area contributed by atoms with Crippen molar-refractivity contribution in [2.24, 2.45) is 11.1 Å². The molecule has 0 aliphatic carbocycles. The summed E-state index contributed by atoms with van der Waals surface area (Å²) in [5.74, 6) is 0.840. The van der Waals surface area contributed by atoms with Gasteiger partial charge in [0.1, 0.15) is 10.8 Å². The van der Waals surface area contributed by atoms with Crippen LogP contribution in [-0.4, -0.2) is 63.6 Å². The van der Waals surface area contributed by atoms with Crippen LogP contribution in [0.15, 0.2) is 45.6 Å². The summed E-state index contributed by atoms with van der Waals surface area (Å²) in [6, 6.07) is 3.73. The Balaban J connectivity index is 1.31. The average Bonchev–Trinajstić information content (AvgIpc) is 3.20. The molecule has 2 aromatic heterocycles. The highest BCUT2D eigenvalue weighted by Crippen LogP contribution is 2.39. The number of aromatic nitrogens is 4. The normalized spacial score (nSPS) is 19.9. The standard InChI is InChI=1S/C23H27ClN6O3S/c24-21-16(3-2-15-20(21)22(32)30(14-28-15)6-1-9-31)34-19-11-26-18(10-27-19)29-7-4-23(5-8-29)13-33-12-17(23)25/h2-3,10-11,14,17,31H,1,4-9,12-13,25H2/t17-/m1/s1. The van der Waals surface area contributed by atoms with Crippen molar-refractivity contribution >= 4 is 40.1 Å². The summed E-state index contributed by atoms with van der Waals surface area (Å²) >= 11 is 7.99. The zero-order chi connectivity index (χ0) is 23.7. The number of aliphatic hydroxyl groups is 1. The zero-order valence-corrected chi connectivity index (χ0v) is 20.3. The SMILES string of the molecule is N[C@@H]1COCC12CCN(c1cnc(Sc3ccc4ncn(CCCO)c(=O)c4c3Cl)cn1)CC2. The van der Waals surface area contributed by atoms with Gasteiger partial charge in [-0.2, -0.15) is 0 Å². The lowest BCUT2D eigenvalue weighted by atomic mass is 9.75. The number of aryl methyl sites for hydroxylation is 1. The predicted molar refractivity (Wildman–Crippen MR) is 132 cm³/mol. The van der Waals surface area contributed by atoms with Gasteiger partial charge in [-0.15, -0.1) is 0 Å². The first kappa shape index (κ1) is 23.5. The second-order valence-corrected chi connectivity index (χ2v) is 10.3. The maximum absolute atomic E-state index is 12.9. The zero-order valence-electron chi connectivity index (χ0n) is 18.7. The number of nitrogens with two attached hydrogens (primary N) is 1. The minimum Gasteiger partial charge on any atom is -0.396 e. The second-order valence-electron chi connectivity index (χ2n) is 8.88. The number of hydrogen-bond donors (Lipinski definition) is 2. The Morgan fingerprint density at radius 1 is 1.24 bits per heavy atom. The summed E-state index contributed by atoms with van der Waals surface area (Å²) in [6.07, 6.45) is 7.46. The van der Waals surface area contributed by atoms with Crippen molar-refractivity contribution in [3.05, 3.63) is 46.2 Å². The van der Waals surface area contributed by atoms with Crippen LogP contribution in [0.25, 0.3) is 10.9 Å². The molecule has 11 heteroatoms. The highest BCUT2D eigenvalue weighted by molar-refractivity contribution is 7.99. The number of halogens is 1. The Kier molecular flexibility index (Phi) is 6.76. The number of piperidine rings is 1. The maximum atomic E-state index is 12.9. The molecule has 0 amide bonds. The van der Waals surface area contributed by atoms with Crippen molar-refractivity contribution in [2.45, 2.75) is 41.8 Å². The van der Waals surface area contributed by atoms with Crippen molar-refractivity contribution in [3.63, 3.8) is 0 Å². The molecule has 0 bridgehead atoms. The van der Waals surface area contributed by atoms with Gasteiger partial charge in [0.2, 0.25) is 0 Å². The van der Waals surface area contributed by atoms with E-state index in [1.54, 1.807) is 18.5 Å². The minimum atomic E-state index is -0.220. The van der Waals surface area contributed by atoms with Gasteiger partial charge in [0.05, 0.1) is 47.9 Å². The Labute approximate surface area is 206 Å². The van der Waals surface area contributed by atoms with Crippen molar-refractivity contribution in [3.8, 4) is 0 Å². The lowest BCUT2D eigenvalue weighted by Gasteiger charge is -2.41. The number of fused-ring (bicyclic) bond motifs is 1. The summed E-state index contributed by atoms with van der Waals surface area (Å²) < 4.78 is 7.08. The fraction of sp³-hybridized carbons (Fsp3) is 0.478. The number of hydrogen-bond acceptors (Lipinski definition) is 9. The van der Waals surface area contributed by atoms with E-state index in [2.05, 4.69) is 19.9 Å². The van der Waals surface area contributed by atoms with Gasteiger partial charge in [-0.05, 0) is 31.4 Å². The third-order valence-corrected chi connectivity index (χ3v) is 8.32. The molecule has 0 radical (unpaired) electrons. The molecule has 1 atom stereocenters. The van der Waals surface area contributed by atoms with Crippen LogP contribution in [-0.2, 0) is 11.3 Å². The highest BCUT2D eigenvalue weighted by atomic mass is 35.5. The maximum Gasteiger partial charge on any atom is 0.262 e. The van der Waals surface area contributed by atoms with Gasteiger partial charge in [0.15, 0.2) is 0 Å². The van der Waals surface area contributed by atoms with E-state index in [1.165, 1.54) is 22.7 Å². The molecular formula is C23H27ClN6O3S. The second kappa shape index (κ2) is 9.79. The van der Waals surface area contributed by atoms with Gasteiger partial charge in [0, 0.05) is 42.6 Å². The molecule has 9 nitrogen and oxygen atoms in total. The monoisotopic (exact) mass is 502 g/mol. The Bertz CT molecular complexity index is 1230. The summed E-state index contributed by atoms with van der Waals surface area (Å²) in [5.41, 5.74) is 6.70. The van der Waals surface area contributed by atoms with E-state index in [0.29, 0.717) is 45.4 Å². The number of aliphatic hydroxyl groups excluding tert-OH is 1. The first-order valence-electron chi connectivity index (χ1n) is 11.4. The first-order chi connectivity index (χ1) is 16.5. The van der Waals surface area contributed by atoms with Crippen LogP contribution in [0.5, 0.6) is 0 Å². The quantitative estimate of drug-likeness (QED) is 0.523. The number of anilines is 1. The Morgan fingerprint density at radius 2 is 2.06 bits per heavy atom. The van der Waals surface area contributed by atoms with E-state index >= 15 is 0 Å². The van der Waals surface area contributed by atoms with Crippen LogP contribution in [0.2, 0.25) is 5.02 Å². The minimum absolute atomic E-state index is 0.00300. The number of rotatable bonds is 6. The molecule has 2 aliphatic heterocycles. The van der Waals surface area contributed by atoms with Gasteiger partial charge in [-0.25, -0.2) is 15.0 Å². The van der Waals surface area contributed by atoms with Crippen LogP contribution >= 0.6 is 23.4 Å². The predicted octanol–water partition coefficient (Wildman–Crippen LogP) is 2.32. The fourth-order valence-corrected chi connectivity index (χ4v) is 5.79. The molecule has 2 saturated heterocycles. The smallest absolute Gasteiger partial charge is 0.262 e. The van der Waals surface area contributed by atoms with E-state index in [-0.39, 0.29) is 23.6 Å². The number of nitrogens with zero attached hydrogens (tertiary/aromatic N) is 5. The third kappa shape index (κ3) is 4.40. The van der Waals surface area contributed by atoms with Crippen molar-refractivity contribution in [1.29, 1.82) is 0 Å². The van der Waals surface area contributed by atoms with Crippen LogP contribution in [0.4, 0.5) is 5.82 Å². The van der Waals surface area contributed by atoms with Gasteiger partial charge in [0.25, 0.3) is 5.56 Å². The molecule has 0 saturated carbocycles. The van der Waals surface area contributed by atoms with E-state index in [9.17, 15) is 4.79 Å². The summed E-state index contributed by atoms with van der Waals surface area (Å²) in [4.78, 5) is 29.4. The van der Waals surface area contributed by atoms with E-state index in [1.807, 2.05) is 6.07 Å². The molecule has 4 heterocycles. The van der Waals surface area contributed by atoms with Gasteiger partial charge < -0.3 is 20.5 Å². The van der Waals surface area contributed by atoms with Crippen LogP contribution in [0, 0.1) is 5.41 Å². The van der Waals surface area contributed by atoms with Gasteiger partial charge in [-0.3, -0.25) is 9.36 Å². The molecule has 3 aromatic rings. The van der Waals surface area contributed by atoms with Crippen molar-refractivity contribution in [2.75, 3.05) is 37.8 Å². The van der Waals surface area contributed by atoms with Crippen LogP contribution in [0.3, 0.4) is 0 Å². The Hall–Kier alpha value is -2.24. The van der Waals surface area contributed by atoms with Gasteiger partial charge >= 0.3 is 0 Å². The topological polar surface area (TPSA) is 119 Å².